The summed E-state index contributed by atoms with van der Waals surface area (Å²) in [6.45, 7) is 3.30. The summed E-state index contributed by atoms with van der Waals surface area (Å²) in [4.78, 5) is 45.8. The molecule has 7 rings (SSSR count). The molecule has 3 aromatic rings. The van der Waals surface area contributed by atoms with Gasteiger partial charge in [0.25, 0.3) is 11.8 Å². The number of nitrogens with zero attached hydrogens (tertiary/aromatic N) is 3. The molecule has 3 amide bonds. The molecule has 0 bridgehead atoms. The lowest BCUT2D eigenvalue weighted by Crippen LogP contribution is -2.45. The Morgan fingerprint density at radius 2 is 1.54 bits per heavy atom. The Bertz CT molecular complexity index is 1490. The van der Waals surface area contributed by atoms with Crippen LogP contribution in [-0.4, -0.2) is 60.5 Å². The number of imide groups is 1. The van der Waals surface area contributed by atoms with E-state index in [0.717, 1.165) is 50.0 Å². The SMILES string of the molecule is O=C(C1CCN(c2cccc3c2C(=O)N(Cc2ccc4c(c2)OCO4)C3=O)CC1)N1CCC(c2ccccc2)CC1. The van der Waals surface area contributed by atoms with Crippen molar-refractivity contribution in [1.29, 1.82) is 0 Å². The largest absolute Gasteiger partial charge is 0.454 e. The molecule has 4 heterocycles. The number of piperidine rings is 2. The third-order valence-electron chi connectivity index (χ3n) is 9.02. The summed E-state index contributed by atoms with van der Waals surface area (Å²) in [7, 11) is 0. The third-order valence-corrected chi connectivity index (χ3v) is 9.02. The highest BCUT2D eigenvalue weighted by molar-refractivity contribution is 6.23. The van der Waals surface area contributed by atoms with Gasteiger partial charge in [0.15, 0.2) is 11.5 Å². The number of ether oxygens (including phenoxy) is 2. The summed E-state index contributed by atoms with van der Waals surface area (Å²) in [5.74, 6) is 1.50. The molecule has 2 saturated heterocycles. The number of hydrogen-bond acceptors (Lipinski definition) is 6. The van der Waals surface area contributed by atoms with Crippen LogP contribution in [0.5, 0.6) is 11.5 Å². The van der Waals surface area contributed by atoms with E-state index in [1.165, 1.54) is 10.5 Å². The number of rotatable bonds is 5. The second-order valence-electron chi connectivity index (χ2n) is 11.4. The summed E-state index contributed by atoms with van der Waals surface area (Å²) < 4.78 is 10.8. The van der Waals surface area contributed by atoms with E-state index in [4.69, 9.17) is 9.47 Å². The Labute approximate surface area is 239 Å². The van der Waals surface area contributed by atoms with Crippen LogP contribution >= 0.6 is 0 Å². The van der Waals surface area contributed by atoms with Gasteiger partial charge in [0, 0.05) is 32.1 Å². The number of carbonyl (C=O) groups excluding carboxylic acids is 3. The molecule has 8 nitrogen and oxygen atoms in total. The normalized spacial score (nSPS) is 19.2. The summed E-state index contributed by atoms with van der Waals surface area (Å²) in [5.41, 5.74) is 3.85. The first-order chi connectivity index (χ1) is 20.1. The molecule has 0 N–H and O–H groups in total. The highest BCUT2D eigenvalue weighted by Gasteiger charge is 2.40. The van der Waals surface area contributed by atoms with Crippen molar-refractivity contribution in [2.75, 3.05) is 37.9 Å². The van der Waals surface area contributed by atoms with Gasteiger partial charge in [0.2, 0.25) is 12.7 Å². The highest BCUT2D eigenvalue weighted by Crippen LogP contribution is 2.37. The molecule has 2 fully saturated rings. The molecule has 41 heavy (non-hydrogen) atoms. The molecule has 4 aliphatic rings. The monoisotopic (exact) mass is 551 g/mol. The van der Waals surface area contributed by atoms with Crippen LogP contribution in [0.4, 0.5) is 5.69 Å². The first-order valence-electron chi connectivity index (χ1n) is 14.5. The molecule has 4 aliphatic heterocycles. The number of likely N-dealkylation sites (tertiary alicyclic amines) is 1. The van der Waals surface area contributed by atoms with E-state index < -0.39 is 0 Å². The molecular formula is C33H33N3O5. The zero-order valence-electron chi connectivity index (χ0n) is 23.0. The minimum atomic E-state index is -0.284. The van der Waals surface area contributed by atoms with E-state index in [-0.39, 0.29) is 37.0 Å². The van der Waals surface area contributed by atoms with E-state index in [0.29, 0.717) is 41.6 Å². The summed E-state index contributed by atoms with van der Waals surface area (Å²) >= 11 is 0. The van der Waals surface area contributed by atoms with Gasteiger partial charge in [-0.3, -0.25) is 19.3 Å². The van der Waals surface area contributed by atoms with Gasteiger partial charge in [0.05, 0.1) is 23.4 Å². The van der Waals surface area contributed by atoms with Crippen molar-refractivity contribution in [2.24, 2.45) is 5.92 Å². The summed E-state index contributed by atoms with van der Waals surface area (Å²) in [6, 6.07) is 21.6. The Morgan fingerprint density at radius 1 is 0.780 bits per heavy atom. The Balaban J connectivity index is 0.993. The van der Waals surface area contributed by atoms with Crippen molar-refractivity contribution in [3.05, 3.63) is 89.0 Å². The average Bonchev–Trinajstić information content (AvgIpc) is 3.59. The van der Waals surface area contributed by atoms with Gasteiger partial charge in [-0.25, -0.2) is 0 Å². The van der Waals surface area contributed by atoms with Gasteiger partial charge in [-0.05, 0) is 67.0 Å². The Hall–Kier alpha value is -4.33. The van der Waals surface area contributed by atoms with E-state index in [1.54, 1.807) is 12.1 Å². The molecule has 0 atom stereocenters. The second kappa shape index (κ2) is 10.6. The van der Waals surface area contributed by atoms with Crippen molar-refractivity contribution in [1.82, 2.24) is 9.80 Å². The van der Waals surface area contributed by atoms with Crippen LogP contribution < -0.4 is 14.4 Å². The molecule has 8 heteroatoms. The van der Waals surface area contributed by atoms with Gasteiger partial charge in [0.1, 0.15) is 0 Å². The fourth-order valence-electron chi connectivity index (χ4n) is 6.73. The minimum absolute atomic E-state index is 0.00359. The zero-order chi connectivity index (χ0) is 27.9. The highest BCUT2D eigenvalue weighted by atomic mass is 16.7. The second-order valence-corrected chi connectivity index (χ2v) is 11.4. The predicted octanol–water partition coefficient (Wildman–Crippen LogP) is 4.83. The molecule has 0 aromatic heterocycles. The number of amides is 3. The molecular weight excluding hydrogens is 518 g/mol. The lowest BCUT2D eigenvalue weighted by atomic mass is 9.88. The van der Waals surface area contributed by atoms with E-state index in [2.05, 4.69) is 34.1 Å². The number of hydrogen-bond donors (Lipinski definition) is 0. The number of carbonyl (C=O) groups is 3. The zero-order valence-corrected chi connectivity index (χ0v) is 23.0. The van der Waals surface area contributed by atoms with Crippen molar-refractivity contribution in [3.63, 3.8) is 0 Å². The number of anilines is 1. The van der Waals surface area contributed by atoms with Crippen molar-refractivity contribution < 1.29 is 23.9 Å². The minimum Gasteiger partial charge on any atom is -0.454 e. The maximum atomic E-state index is 13.6. The van der Waals surface area contributed by atoms with Crippen molar-refractivity contribution in [2.45, 2.75) is 38.1 Å². The standard InChI is InChI=1S/C33H33N3O5/c37-31(35-17-11-24(12-18-35)23-5-2-1-3-6-23)25-13-15-34(16-14-25)27-8-4-7-26-30(27)33(39)36(32(26)38)20-22-9-10-28-29(19-22)41-21-40-28/h1-10,19,24-25H,11-18,20-21H2. The van der Waals surface area contributed by atoms with Crippen LogP contribution in [0.3, 0.4) is 0 Å². The summed E-state index contributed by atoms with van der Waals surface area (Å²) in [5, 5.41) is 0. The van der Waals surface area contributed by atoms with E-state index in [9.17, 15) is 14.4 Å². The van der Waals surface area contributed by atoms with Gasteiger partial charge in [-0.1, -0.05) is 42.5 Å². The van der Waals surface area contributed by atoms with Crippen LogP contribution in [0.1, 0.15) is 63.4 Å². The van der Waals surface area contributed by atoms with Crippen LogP contribution in [-0.2, 0) is 11.3 Å². The molecule has 3 aromatic carbocycles. The average molecular weight is 552 g/mol. The summed E-state index contributed by atoms with van der Waals surface area (Å²) in [6.07, 6.45) is 3.49. The quantitative estimate of drug-likeness (QED) is 0.423. The third kappa shape index (κ3) is 4.71. The van der Waals surface area contributed by atoms with Crippen molar-refractivity contribution in [3.8, 4) is 11.5 Å². The maximum Gasteiger partial charge on any atom is 0.263 e. The topological polar surface area (TPSA) is 79.4 Å². The smallest absolute Gasteiger partial charge is 0.263 e. The van der Waals surface area contributed by atoms with Crippen LogP contribution in [0.15, 0.2) is 66.7 Å². The van der Waals surface area contributed by atoms with Crippen LogP contribution in [0, 0.1) is 5.92 Å². The molecule has 0 aliphatic carbocycles. The van der Waals surface area contributed by atoms with Gasteiger partial charge in [-0.15, -0.1) is 0 Å². The number of fused-ring (bicyclic) bond motifs is 2. The van der Waals surface area contributed by atoms with E-state index in [1.807, 2.05) is 30.3 Å². The molecule has 0 spiro atoms. The van der Waals surface area contributed by atoms with Gasteiger partial charge >= 0.3 is 0 Å². The first kappa shape index (κ1) is 25.6. The lowest BCUT2D eigenvalue weighted by molar-refractivity contribution is -0.137. The van der Waals surface area contributed by atoms with Crippen LogP contribution in [0.25, 0.3) is 0 Å². The lowest BCUT2D eigenvalue weighted by Gasteiger charge is -2.38. The molecule has 0 saturated carbocycles. The molecule has 210 valence electrons. The van der Waals surface area contributed by atoms with Gasteiger partial charge < -0.3 is 19.3 Å². The van der Waals surface area contributed by atoms with Crippen molar-refractivity contribution >= 4 is 23.4 Å². The molecule has 0 radical (unpaired) electrons. The first-order valence-corrected chi connectivity index (χ1v) is 14.5. The Kier molecular flexibility index (Phi) is 6.61. The van der Waals surface area contributed by atoms with Gasteiger partial charge in [-0.2, -0.15) is 0 Å². The predicted molar refractivity (Wildman–Crippen MR) is 153 cm³/mol. The number of benzene rings is 3. The fraction of sp³-hybridized carbons (Fsp3) is 0.364. The van der Waals surface area contributed by atoms with Crippen LogP contribution in [0.2, 0.25) is 0 Å². The Morgan fingerprint density at radius 3 is 2.32 bits per heavy atom. The fourth-order valence-corrected chi connectivity index (χ4v) is 6.73. The molecule has 0 unspecified atom stereocenters. The maximum absolute atomic E-state index is 13.6. The van der Waals surface area contributed by atoms with E-state index >= 15 is 0 Å².